The van der Waals surface area contributed by atoms with Gasteiger partial charge in [-0.2, -0.15) is 0 Å². The van der Waals surface area contributed by atoms with Gasteiger partial charge in [-0.15, -0.1) is 15.0 Å². The van der Waals surface area contributed by atoms with Crippen LogP contribution in [-0.4, -0.2) is 45.0 Å². The third-order valence-corrected chi connectivity index (χ3v) is 3.13. The Labute approximate surface area is 121 Å². The van der Waals surface area contributed by atoms with E-state index in [0.29, 0.717) is 11.3 Å². The van der Waals surface area contributed by atoms with E-state index in [4.69, 9.17) is 0 Å². The highest BCUT2D eigenvalue weighted by Gasteiger charge is 2.14. The van der Waals surface area contributed by atoms with Crippen molar-refractivity contribution in [3.63, 3.8) is 0 Å². The van der Waals surface area contributed by atoms with Gasteiger partial charge in [0.2, 0.25) is 0 Å². The number of phenolic OH excluding ortho intramolecular Hbond substituents is 1. The van der Waals surface area contributed by atoms with Gasteiger partial charge in [0, 0.05) is 19.7 Å². The number of aromatic hydroxyl groups is 1. The van der Waals surface area contributed by atoms with Crippen LogP contribution in [0.1, 0.15) is 10.4 Å². The molecule has 0 saturated carbocycles. The second-order valence-electron chi connectivity index (χ2n) is 4.88. The highest BCUT2D eigenvalue weighted by atomic mass is 16.3. The zero-order valence-corrected chi connectivity index (χ0v) is 11.7. The van der Waals surface area contributed by atoms with E-state index in [1.54, 1.807) is 26.2 Å². The molecule has 0 atom stereocenters. The molecule has 3 aromatic rings. The minimum atomic E-state index is -0.145. The lowest BCUT2D eigenvalue weighted by Gasteiger charge is -2.11. The molecule has 1 amide bonds. The van der Waals surface area contributed by atoms with E-state index < -0.39 is 0 Å². The van der Waals surface area contributed by atoms with E-state index in [1.165, 1.54) is 15.8 Å². The smallest absolute Gasteiger partial charge is 0.253 e. The first-order valence-corrected chi connectivity index (χ1v) is 6.43. The number of rotatable bonds is 2. The molecule has 1 aromatic heterocycles. The zero-order valence-electron chi connectivity index (χ0n) is 11.7. The minimum absolute atomic E-state index is 0.0191. The van der Waals surface area contributed by atoms with Crippen molar-refractivity contribution < 1.29 is 9.90 Å². The fourth-order valence-electron chi connectivity index (χ4n) is 2.04. The molecule has 6 heteroatoms. The maximum atomic E-state index is 12.0. The van der Waals surface area contributed by atoms with E-state index >= 15 is 0 Å². The molecule has 0 aliphatic heterocycles. The molecule has 0 radical (unpaired) electrons. The van der Waals surface area contributed by atoms with Crippen LogP contribution in [-0.2, 0) is 0 Å². The largest absolute Gasteiger partial charge is 0.506 e. The number of benzene rings is 2. The van der Waals surface area contributed by atoms with E-state index in [-0.39, 0.29) is 11.7 Å². The van der Waals surface area contributed by atoms with Gasteiger partial charge in [0.15, 0.2) is 0 Å². The van der Waals surface area contributed by atoms with Gasteiger partial charge in [-0.3, -0.25) is 4.79 Å². The molecule has 21 heavy (non-hydrogen) atoms. The minimum Gasteiger partial charge on any atom is -0.506 e. The molecule has 6 nitrogen and oxygen atoms in total. The normalized spacial score (nSPS) is 10.8. The van der Waals surface area contributed by atoms with Gasteiger partial charge >= 0.3 is 0 Å². The van der Waals surface area contributed by atoms with Gasteiger partial charge in [0.05, 0.1) is 0 Å². The number of hydrogen-bond donors (Lipinski definition) is 1. The Morgan fingerprint density at radius 3 is 2.29 bits per heavy atom. The Bertz CT molecular complexity index is 790. The van der Waals surface area contributed by atoms with Gasteiger partial charge < -0.3 is 10.0 Å². The lowest BCUT2D eigenvalue weighted by Crippen LogP contribution is -2.21. The fourth-order valence-corrected chi connectivity index (χ4v) is 2.04. The Kier molecular flexibility index (Phi) is 3.06. The first kappa shape index (κ1) is 13.1. The first-order chi connectivity index (χ1) is 10.1. The molecular weight excluding hydrogens is 268 g/mol. The first-order valence-electron chi connectivity index (χ1n) is 6.43. The molecule has 0 aliphatic carbocycles. The van der Waals surface area contributed by atoms with Crippen LogP contribution in [0.4, 0.5) is 0 Å². The number of carbonyl (C=O) groups is 1. The van der Waals surface area contributed by atoms with Crippen molar-refractivity contribution in [2.24, 2.45) is 0 Å². The van der Waals surface area contributed by atoms with Gasteiger partial charge in [-0.25, -0.2) is 0 Å². The van der Waals surface area contributed by atoms with Crippen molar-refractivity contribution in [1.82, 2.24) is 19.9 Å². The van der Waals surface area contributed by atoms with Crippen molar-refractivity contribution in [2.75, 3.05) is 14.1 Å². The van der Waals surface area contributed by atoms with Crippen LogP contribution in [0.15, 0.2) is 42.5 Å². The Morgan fingerprint density at radius 1 is 1.10 bits per heavy atom. The number of phenols is 1. The molecule has 3 rings (SSSR count). The van der Waals surface area contributed by atoms with Crippen molar-refractivity contribution in [1.29, 1.82) is 0 Å². The predicted octanol–water partition coefficient (Wildman–Crippen LogP) is 1.83. The summed E-state index contributed by atoms with van der Waals surface area (Å²) in [6.07, 6.45) is 0. The number of amides is 1. The van der Waals surface area contributed by atoms with E-state index in [9.17, 15) is 9.90 Å². The van der Waals surface area contributed by atoms with Crippen LogP contribution in [0.5, 0.6) is 5.75 Å². The molecule has 0 saturated heterocycles. The highest BCUT2D eigenvalue weighted by molar-refractivity contribution is 5.94. The number of fused-ring (bicyclic) bond motifs is 1. The SMILES string of the molecule is CN(C)C(=O)c1ccc(O)c(-n2nc3ccccc3n2)c1. The van der Waals surface area contributed by atoms with Crippen LogP contribution >= 0.6 is 0 Å². The average Bonchev–Trinajstić information content (AvgIpc) is 2.90. The number of aromatic nitrogens is 3. The van der Waals surface area contributed by atoms with Gasteiger partial charge in [0.1, 0.15) is 22.5 Å². The summed E-state index contributed by atoms with van der Waals surface area (Å²) in [6, 6.07) is 12.0. The summed E-state index contributed by atoms with van der Waals surface area (Å²) >= 11 is 0. The third kappa shape index (κ3) is 2.31. The maximum Gasteiger partial charge on any atom is 0.253 e. The van der Waals surface area contributed by atoms with Crippen LogP contribution in [0, 0.1) is 0 Å². The number of hydrogen-bond acceptors (Lipinski definition) is 4. The summed E-state index contributed by atoms with van der Waals surface area (Å²) in [6.45, 7) is 0. The maximum absolute atomic E-state index is 12.0. The molecule has 0 spiro atoms. The molecule has 1 heterocycles. The monoisotopic (exact) mass is 282 g/mol. The number of carbonyl (C=O) groups excluding carboxylic acids is 1. The van der Waals surface area contributed by atoms with Gasteiger partial charge in [0.25, 0.3) is 5.91 Å². The summed E-state index contributed by atoms with van der Waals surface area (Å²) in [4.78, 5) is 14.8. The van der Waals surface area contributed by atoms with Crippen LogP contribution in [0.3, 0.4) is 0 Å². The molecule has 0 aliphatic rings. The summed E-state index contributed by atoms with van der Waals surface area (Å²) in [5.74, 6) is -0.126. The van der Waals surface area contributed by atoms with E-state index in [2.05, 4.69) is 10.2 Å². The van der Waals surface area contributed by atoms with E-state index in [1.807, 2.05) is 24.3 Å². The van der Waals surface area contributed by atoms with E-state index in [0.717, 1.165) is 11.0 Å². The average molecular weight is 282 g/mol. The summed E-state index contributed by atoms with van der Waals surface area (Å²) < 4.78 is 0. The zero-order chi connectivity index (χ0) is 15.0. The fraction of sp³-hybridized carbons (Fsp3) is 0.133. The van der Waals surface area contributed by atoms with Gasteiger partial charge in [-0.05, 0) is 30.3 Å². The second-order valence-corrected chi connectivity index (χ2v) is 4.88. The topological polar surface area (TPSA) is 71.2 Å². The van der Waals surface area contributed by atoms with Crippen molar-refractivity contribution in [2.45, 2.75) is 0 Å². The van der Waals surface area contributed by atoms with Crippen molar-refractivity contribution in [3.8, 4) is 11.4 Å². The Balaban J connectivity index is 2.12. The van der Waals surface area contributed by atoms with Crippen molar-refractivity contribution in [3.05, 3.63) is 48.0 Å². The predicted molar refractivity (Wildman–Crippen MR) is 78.5 cm³/mol. The molecule has 1 N–H and O–H groups in total. The lowest BCUT2D eigenvalue weighted by atomic mass is 10.1. The Morgan fingerprint density at radius 2 is 1.71 bits per heavy atom. The highest BCUT2D eigenvalue weighted by Crippen LogP contribution is 2.23. The second kappa shape index (κ2) is 4.90. The lowest BCUT2D eigenvalue weighted by molar-refractivity contribution is 0.0827. The molecule has 2 aromatic carbocycles. The molecular formula is C15H14N4O2. The molecule has 0 bridgehead atoms. The van der Waals surface area contributed by atoms with Crippen LogP contribution in [0.25, 0.3) is 16.7 Å². The molecule has 106 valence electrons. The molecule has 0 unspecified atom stereocenters. The summed E-state index contributed by atoms with van der Waals surface area (Å²) in [5, 5.41) is 18.6. The summed E-state index contributed by atoms with van der Waals surface area (Å²) in [5.41, 5.74) is 2.29. The third-order valence-electron chi connectivity index (χ3n) is 3.13. The molecule has 0 fully saturated rings. The van der Waals surface area contributed by atoms with Gasteiger partial charge in [-0.1, -0.05) is 12.1 Å². The van der Waals surface area contributed by atoms with Crippen LogP contribution in [0.2, 0.25) is 0 Å². The summed E-state index contributed by atoms with van der Waals surface area (Å²) in [7, 11) is 3.35. The quantitative estimate of drug-likeness (QED) is 0.778. The van der Waals surface area contributed by atoms with Crippen molar-refractivity contribution >= 4 is 16.9 Å². The number of nitrogens with zero attached hydrogens (tertiary/aromatic N) is 4. The Hall–Kier alpha value is -2.89. The standard InChI is InChI=1S/C15H14N4O2/c1-18(2)15(21)10-7-8-14(20)13(9-10)19-16-11-5-3-4-6-12(11)17-19/h3-9,20H,1-2H3. The van der Waals surface area contributed by atoms with Crippen LogP contribution < -0.4 is 0 Å².